The fraction of sp³-hybridized carbons (Fsp3) is 0.250. The zero-order valence-corrected chi connectivity index (χ0v) is 15.7. The lowest BCUT2D eigenvalue weighted by molar-refractivity contribution is -0.222. The predicted molar refractivity (Wildman–Crippen MR) is 99.0 cm³/mol. The number of benzene rings is 1. The van der Waals surface area contributed by atoms with Crippen LogP contribution in [0.2, 0.25) is 0 Å². The van der Waals surface area contributed by atoms with Crippen LogP contribution in [0.4, 0.5) is 5.69 Å². The highest BCUT2D eigenvalue weighted by atomic mass is 16.7. The van der Waals surface area contributed by atoms with Gasteiger partial charge in [-0.15, -0.1) is 0 Å². The van der Waals surface area contributed by atoms with E-state index in [2.05, 4.69) is 10.6 Å². The maximum absolute atomic E-state index is 12.2. The molecule has 3 rings (SSSR count). The van der Waals surface area contributed by atoms with E-state index < -0.39 is 17.7 Å². The molecule has 1 amide bonds. The molecule has 0 spiro atoms. The number of hydrogen-bond acceptors (Lipinski definition) is 7. The normalized spacial score (nSPS) is 15.5. The summed E-state index contributed by atoms with van der Waals surface area (Å²) in [6.07, 6.45) is 2.78. The van der Waals surface area contributed by atoms with Crippen LogP contribution in [-0.4, -0.2) is 23.6 Å². The van der Waals surface area contributed by atoms with Crippen LogP contribution in [0.1, 0.15) is 35.5 Å². The van der Waals surface area contributed by atoms with E-state index in [4.69, 9.17) is 13.9 Å². The van der Waals surface area contributed by atoms with Gasteiger partial charge in [-0.3, -0.25) is 4.79 Å². The number of cyclic esters (lactones) is 2. The minimum Gasteiger partial charge on any atom is -0.467 e. The van der Waals surface area contributed by atoms with Crippen molar-refractivity contribution in [2.24, 2.45) is 0 Å². The van der Waals surface area contributed by atoms with E-state index in [1.165, 1.54) is 20.0 Å². The molecule has 146 valence electrons. The monoisotopic (exact) mass is 384 g/mol. The van der Waals surface area contributed by atoms with E-state index in [1.54, 1.807) is 43.5 Å². The summed E-state index contributed by atoms with van der Waals surface area (Å²) in [6.45, 7) is 5.04. The second-order valence-corrected chi connectivity index (χ2v) is 6.67. The molecule has 2 heterocycles. The first-order valence-corrected chi connectivity index (χ1v) is 8.60. The Kier molecular flexibility index (Phi) is 5.21. The highest BCUT2D eigenvalue weighted by Crippen LogP contribution is 2.23. The number of anilines is 1. The fourth-order valence-corrected chi connectivity index (χ4v) is 2.58. The third-order valence-corrected chi connectivity index (χ3v) is 3.98. The van der Waals surface area contributed by atoms with Gasteiger partial charge in [0.05, 0.1) is 12.8 Å². The molecule has 0 radical (unpaired) electrons. The maximum Gasteiger partial charge on any atom is 0.350 e. The van der Waals surface area contributed by atoms with Gasteiger partial charge in [0.1, 0.15) is 5.76 Å². The zero-order valence-electron chi connectivity index (χ0n) is 15.7. The van der Waals surface area contributed by atoms with Gasteiger partial charge in [-0.25, -0.2) is 9.59 Å². The topological polar surface area (TPSA) is 107 Å². The Balaban J connectivity index is 1.66. The van der Waals surface area contributed by atoms with E-state index in [0.717, 1.165) is 5.56 Å². The largest absolute Gasteiger partial charge is 0.467 e. The lowest BCUT2D eigenvalue weighted by Crippen LogP contribution is -2.42. The number of amides is 1. The molecule has 0 saturated carbocycles. The molecular formula is C20H20N2O6. The lowest BCUT2D eigenvalue weighted by atomic mass is 10.1. The van der Waals surface area contributed by atoms with Crippen LogP contribution in [-0.2, 0) is 25.6 Å². The van der Waals surface area contributed by atoms with E-state index in [0.29, 0.717) is 17.0 Å². The van der Waals surface area contributed by atoms with Gasteiger partial charge in [0.25, 0.3) is 11.7 Å². The maximum atomic E-state index is 12.2. The molecular weight excluding hydrogens is 364 g/mol. The van der Waals surface area contributed by atoms with Gasteiger partial charge in [0, 0.05) is 31.3 Å². The zero-order chi connectivity index (χ0) is 20.3. The van der Waals surface area contributed by atoms with E-state index >= 15 is 0 Å². The minimum atomic E-state index is -1.29. The van der Waals surface area contributed by atoms with Crippen molar-refractivity contribution in [2.75, 3.05) is 5.32 Å². The summed E-state index contributed by atoms with van der Waals surface area (Å²) in [4.78, 5) is 36.1. The molecule has 0 aliphatic carbocycles. The highest BCUT2D eigenvalue weighted by molar-refractivity contribution is 6.15. The van der Waals surface area contributed by atoms with Crippen molar-refractivity contribution in [1.82, 2.24) is 5.32 Å². The number of carbonyl (C=O) groups is 3. The molecule has 2 aromatic rings. The molecule has 1 aliphatic rings. The average Bonchev–Trinajstić information content (AvgIpc) is 3.12. The number of ether oxygens (including phenoxy) is 2. The molecule has 8 nitrogen and oxygen atoms in total. The van der Waals surface area contributed by atoms with Gasteiger partial charge in [-0.05, 0) is 42.8 Å². The summed E-state index contributed by atoms with van der Waals surface area (Å²) in [5, 5.41) is 5.64. The molecule has 1 aromatic heterocycles. The van der Waals surface area contributed by atoms with Crippen LogP contribution >= 0.6 is 0 Å². The molecule has 0 atom stereocenters. The van der Waals surface area contributed by atoms with Crippen LogP contribution in [0.5, 0.6) is 0 Å². The third kappa shape index (κ3) is 4.40. The van der Waals surface area contributed by atoms with Crippen molar-refractivity contribution in [3.63, 3.8) is 0 Å². The van der Waals surface area contributed by atoms with Gasteiger partial charge >= 0.3 is 11.9 Å². The Labute approximate surface area is 161 Å². The Hall–Kier alpha value is -3.55. The third-order valence-electron chi connectivity index (χ3n) is 3.98. The van der Waals surface area contributed by atoms with Crippen molar-refractivity contribution in [1.29, 1.82) is 0 Å². The van der Waals surface area contributed by atoms with E-state index in [1.807, 2.05) is 0 Å². The first kappa shape index (κ1) is 19.2. The van der Waals surface area contributed by atoms with Gasteiger partial charge in [-0.1, -0.05) is 0 Å². The first-order chi connectivity index (χ1) is 13.2. The van der Waals surface area contributed by atoms with Gasteiger partial charge in [0.15, 0.2) is 5.57 Å². The van der Waals surface area contributed by atoms with Crippen molar-refractivity contribution in [2.45, 2.75) is 33.1 Å². The van der Waals surface area contributed by atoms with E-state index in [-0.39, 0.29) is 18.0 Å². The Bertz CT molecular complexity index is 922. The van der Waals surface area contributed by atoms with Crippen molar-refractivity contribution >= 4 is 23.5 Å². The first-order valence-electron chi connectivity index (χ1n) is 8.60. The summed E-state index contributed by atoms with van der Waals surface area (Å²) >= 11 is 0. The van der Waals surface area contributed by atoms with Crippen molar-refractivity contribution in [3.05, 3.63) is 65.3 Å². The summed E-state index contributed by atoms with van der Waals surface area (Å²) in [6, 6.07) is 8.52. The Morgan fingerprint density at radius 3 is 2.46 bits per heavy atom. The number of hydrogen-bond donors (Lipinski definition) is 2. The van der Waals surface area contributed by atoms with Crippen LogP contribution < -0.4 is 10.6 Å². The molecule has 2 N–H and O–H groups in total. The number of esters is 2. The smallest absolute Gasteiger partial charge is 0.350 e. The number of aryl methyl sites for hydroxylation is 1. The van der Waals surface area contributed by atoms with Crippen molar-refractivity contribution in [3.8, 4) is 0 Å². The summed E-state index contributed by atoms with van der Waals surface area (Å²) in [5.41, 5.74) is 1.61. The predicted octanol–water partition coefficient (Wildman–Crippen LogP) is 2.65. The van der Waals surface area contributed by atoms with Gasteiger partial charge < -0.3 is 24.5 Å². The average molecular weight is 384 g/mol. The van der Waals surface area contributed by atoms with Crippen LogP contribution in [0.3, 0.4) is 0 Å². The highest BCUT2D eigenvalue weighted by Gasteiger charge is 2.38. The van der Waals surface area contributed by atoms with Crippen LogP contribution in [0.25, 0.3) is 0 Å². The molecule has 1 aromatic carbocycles. The molecule has 8 heteroatoms. The molecule has 1 fully saturated rings. The van der Waals surface area contributed by atoms with Gasteiger partial charge in [-0.2, -0.15) is 0 Å². The quantitative estimate of drug-likeness (QED) is 0.464. The molecule has 28 heavy (non-hydrogen) atoms. The van der Waals surface area contributed by atoms with Crippen LogP contribution in [0.15, 0.2) is 52.8 Å². The number of furan rings is 1. The summed E-state index contributed by atoms with van der Waals surface area (Å²) in [5.74, 6) is -2.40. The SMILES string of the molecule is Cc1cc(C(=O)NCc2ccco2)ccc1NC=C1C(=O)OC(C)(C)OC1=O. The standard InChI is InChI=1S/C20H20N2O6/c1-12-9-13(17(23)22-10-14-5-4-8-26-14)6-7-16(12)21-11-15-18(24)27-20(2,3)28-19(15)25/h4-9,11,21H,10H2,1-3H3,(H,22,23). The molecule has 0 bridgehead atoms. The summed E-state index contributed by atoms with van der Waals surface area (Å²) < 4.78 is 15.2. The minimum absolute atomic E-state index is 0.237. The molecule has 0 unspecified atom stereocenters. The Morgan fingerprint density at radius 1 is 1.14 bits per heavy atom. The molecule has 1 saturated heterocycles. The second kappa shape index (κ2) is 7.59. The van der Waals surface area contributed by atoms with Crippen LogP contribution in [0, 0.1) is 6.92 Å². The number of rotatable bonds is 5. The second-order valence-electron chi connectivity index (χ2n) is 6.67. The number of nitrogens with one attached hydrogen (secondary N) is 2. The van der Waals surface area contributed by atoms with Crippen molar-refractivity contribution < 1.29 is 28.3 Å². The van der Waals surface area contributed by atoms with E-state index in [9.17, 15) is 14.4 Å². The Morgan fingerprint density at radius 2 is 1.86 bits per heavy atom. The number of carbonyl (C=O) groups excluding carboxylic acids is 3. The lowest BCUT2D eigenvalue weighted by Gasteiger charge is -2.29. The fourth-order valence-electron chi connectivity index (χ4n) is 2.58. The molecule has 1 aliphatic heterocycles. The summed E-state index contributed by atoms with van der Waals surface area (Å²) in [7, 11) is 0. The van der Waals surface area contributed by atoms with Gasteiger partial charge in [0.2, 0.25) is 0 Å².